The molecule has 0 bridgehead atoms. The van der Waals surface area contributed by atoms with Crippen LogP contribution in [0, 0.1) is 0 Å². The molecule has 1 heterocycles. The predicted molar refractivity (Wildman–Crippen MR) is 88.6 cm³/mol. The Bertz CT molecular complexity index is 571. The third-order valence-electron chi connectivity index (χ3n) is 4.07. The number of hydrogen-bond donors (Lipinski definition) is 1. The topological polar surface area (TPSA) is 47.1 Å². The molecule has 0 fully saturated rings. The van der Waals surface area contributed by atoms with Crippen molar-refractivity contribution in [3.8, 4) is 0 Å². The van der Waals surface area contributed by atoms with Gasteiger partial charge in [-0.25, -0.2) is 0 Å². The third-order valence-corrected chi connectivity index (χ3v) is 4.07. The van der Waals surface area contributed by atoms with E-state index in [1.54, 1.807) is 0 Å². The van der Waals surface area contributed by atoms with Crippen LogP contribution in [-0.2, 0) is 19.9 Å². The molecule has 1 aromatic carbocycles. The molecule has 1 unspecified atom stereocenters. The largest absolute Gasteiger partial charge is 0.366 e. The average Bonchev–Trinajstić information content (AvgIpc) is 2.89. The van der Waals surface area contributed by atoms with Crippen LogP contribution >= 0.6 is 0 Å². The minimum atomic E-state index is 0.154. The molecule has 0 saturated carbocycles. The van der Waals surface area contributed by atoms with Crippen molar-refractivity contribution in [1.82, 2.24) is 9.78 Å². The number of nitrogens with zero attached hydrogens (tertiary/aromatic N) is 3. The lowest BCUT2D eigenvalue weighted by Crippen LogP contribution is -2.30. The molecule has 4 heteroatoms. The van der Waals surface area contributed by atoms with Crippen LogP contribution in [0.5, 0.6) is 0 Å². The number of rotatable bonds is 6. The molecule has 0 saturated heterocycles. The summed E-state index contributed by atoms with van der Waals surface area (Å²) in [6, 6.07) is 8.86. The SMILES string of the molecule is CCc1ccc(N(C)C(CN)c2cn(C)nc2CC)cc1. The van der Waals surface area contributed by atoms with Gasteiger partial charge in [0.05, 0.1) is 11.7 Å². The molecule has 0 aliphatic carbocycles. The molecule has 2 N–H and O–H groups in total. The van der Waals surface area contributed by atoms with E-state index in [1.165, 1.54) is 16.8 Å². The normalized spacial score (nSPS) is 12.4. The summed E-state index contributed by atoms with van der Waals surface area (Å²) in [5.74, 6) is 0. The highest BCUT2D eigenvalue weighted by atomic mass is 15.3. The standard InChI is InChI=1S/C17H26N4/c1-5-13-7-9-14(10-8-13)21(4)17(11-18)15-12-20(3)19-16(15)6-2/h7-10,12,17H,5-6,11,18H2,1-4H3. The van der Waals surface area contributed by atoms with Crippen LogP contribution in [0.2, 0.25) is 0 Å². The van der Waals surface area contributed by atoms with Crippen molar-refractivity contribution in [3.63, 3.8) is 0 Å². The summed E-state index contributed by atoms with van der Waals surface area (Å²) in [6.45, 7) is 4.88. The zero-order valence-corrected chi connectivity index (χ0v) is 13.5. The number of likely N-dealkylation sites (N-methyl/N-ethyl adjacent to an activating group) is 1. The molecule has 0 aliphatic heterocycles. The van der Waals surface area contributed by atoms with Gasteiger partial charge in [0.1, 0.15) is 0 Å². The molecular formula is C17H26N4. The van der Waals surface area contributed by atoms with Crippen LogP contribution in [0.4, 0.5) is 5.69 Å². The monoisotopic (exact) mass is 286 g/mol. The number of aromatic nitrogens is 2. The first-order chi connectivity index (χ1) is 10.1. The second kappa shape index (κ2) is 6.76. The second-order valence-corrected chi connectivity index (χ2v) is 5.44. The van der Waals surface area contributed by atoms with Crippen molar-refractivity contribution >= 4 is 5.69 Å². The maximum Gasteiger partial charge on any atom is 0.0695 e. The van der Waals surface area contributed by atoms with Gasteiger partial charge in [-0.1, -0.05) is 26.0 Å². The molecule has 0 amide bonds. The van der Waals surface area contributed by atoms with Gasteiger partial charge in [-0.3, -0.25) is 4.68 Å². The second-order valence-electron chi connectivity index (χ2n) is 5.44. The molecule has 0 spiro atoms. The highest BCUT2D eigenvalue weighted by molar-refractivity contribution is 5.49. The van der Waals surface area contributed by atoms with E-state index in [0.717, 1.165) is 18.5 Å². The molecular weight excluding hydrogens is 260 g/mol. The van der Waals surface area contributed by atoms with Crippen molar-refractivity contribution in [1.29, 1.82) is 0 Å². The van der Waals surface area contributed by atoms with Crippen molar-refractivity contribution in [2.24, 2.45) is 12.8 Å². The molecule has 1 aromatic heterocycles. The van der Waals surface area contributed by atoms with E-state index in [2.05, 4.69) is 61.4 Å². The minimum Gasteiger partial charge on any atom is -0.366 e. The molecule has 0 aliphatic rings. The molecule has 0 radical (unpaired) electrons. The number of benzene rings is 1. The highest BCUT2D eigenvalue weighted by Crippen LogP contribution is 2.27. The lowest BCUT2D eigenvalue weighted by Gasteiger charge is -2.29. The van der Waals surface area contributed by atoms with Gasteiger partial charge in [0.25, 0.3) is 0 Å². The van der Waals surface area contributed by atoms with Gasteiger partial charge in [-0.15, -0.1) is 0 Å². The van der Waals surface area contributed by atoms with Crippen molar-refractivity contribution in [2.45, 2.75) is 32.7 Å². The van der Waals surface area contributed by atoms with Gasteiger partial charge in [0, 0.05) is 38.1 Å². The van der Waals surface area contributed by atoms with Crippen LogP contribution in [0.25, 0.3) is 0 Å². The van der Waals surface area contributed by atoms with Gasteiger partial charge in [0.2, 0.25) is 0 Å². The molecule has 2 rings (SSSR count). The number of hydrogen-bond acceptors (Lipinski definition) is 3. The molecule has 1 atom stereocenters. The number of anilines is 1. The maximum absolute atomic E-state index is 6.05. The third kappa shape index (κ3) is 3.27. The summed E-state index contributed by atoms with van der Waals surface area (Å²) in [4.78, 5) is 2.25. The fourth-order valence-corrected chi connectivity index (χ4v) is 2.75. The van der Waals surface area contributed by atoms with Gasteiger partial charge >= 0.3 is 0 Å². The van der Waals surface area contributed by atoms with Crippen LogP contribution < -0.4 is 10.6 Å². The number of nitrogens with two attached hydrogens (primary N) is 1. The Hall–Kier alpha value is -1.81. The minimum absolute atomic E-state index is 0.154. The summed E-state index contributed by atoms with van der Waals surface area (Å²) in [5.41, 5.74) is 11.0. The smallest absolute Gasteiger partial charge is 0.0695 e. The summed E-state index contributed by atoms with van der Waals surface area (Å²) in [6.07, 6.45) is 4.08. The van der Waals surface area contributed by atoms with E-state index in [0.29, 0.717) is 6.54 Å². The Morgan fingerprint density at radius 1 is 1.19 bits per heavy atom. The van der Waals surface area contributed by atoms with Crippen LogP contribution in [0.3, 0.4) is 0 Å². The van der Waals surface area contributed by atoms with E-state index < -0.39 is 0 Å². The Morgan fingerprint density at radius 2 is 1.86 bits per heavy atom. The highest BCUT2D eigenvalue weighted by Gasteiger charge is 2.21. The average molecular weight is 286 g/mol. The molecule has 2 aromatic rings. The first kappa shape index (κ1) is 15.6. The molecule has 114 valence electrons. The van der Waals surface area contributed by atoms with Crippen molar-refractivity contribution < 1.29 is 0 Å². The zero-order valence-electron chi connectivity index (χ0n) is 13.5. The zero-order chi connectivity index (χ0) is 15.4. The number of aryl methyl sites for hydroxylation is 3. The quantitative estimate of drug-likeness (QED) is 0.888. The van der Waals surface area contributed by atoms with Crippen molar-refractivity contribution in [2.75, 3.05) is 18.5 Å². The Labute approximate surface area is 127 Å². The fourth-order valence-electron chi connectivity index (χ4n) is 2.75. The van der Waals surface area contributed by atoms with Gasteiger partial charge < -0.3 is 10.6 Å². The fraction of sp³-hybridized carbons (Fsp3) is 0.471. The van der Waals surface area contributed by atoms with Gasteiger partial charge in [-0.05, 0) is 30.5 Å². The van der Waals surface area contributed by atoms with Crippen molar-refractivity contribution in [3.05, 3.63) is 47.3 Å². The lowest BCUT2D eigenvalue weighted by atomic mass is 10.0. The summed E-state index contributed by atoms with van der Waals surface area (Å²) < 4.78 is 1.88. The summed E-state index contributed by atoms with van der Waals surface area (Å²) in [5, 5.41) is 4.54. The Kier molecular flexibility index (Phi) is 5.02. The van der Waals surface area contributed by atoms with E-state index in [1.807, 2.05) is 11.7 Å². The summed E-state index contributed by atoms with van der Waals surface area (Å²) >= 11 is 0. The molecule has 21 heavy (non-hydrogen) atoms. The van der Waals surface area contributed by atoms with Crippen LogP contribution in [0.1, 0.15) is 36.7 Å². The van der Waals surface area contributed by atoms with Gasteiger partial charge in [-0.2, -0.15) is 5.10 Å². The Balaban J connectivity index is 2.30. The van der Waals surface area contributed by atoms with Gasteiger partial charge in [0.15, 0.2) is 0 Å². The van der Waals surface area contributed by atoms with Crippen LogP contribution in [0.15, 0.2) is 30.5 Å². The first-order valence-corrected chi connectivity index (χ1v) is 7.64. The summed E-state index contributed by atoms with van der Waals surface area (Å²) in [7, 11) is 4.07. The van der Waals surface area contributed by atoms with E-state index >= 15 is 0 Å². The van der Waals surface area contributed by atoms with Crippen LogP contribution in [-0.4, -0.2) is 23.4 Å². The Morgan fingerprint density at radius 3 is 2.38 bits per heavy atom. The van der Waals surface area contributed by atoms with E-state index in [-0.39, 0.29) is 6.04 Å². The maximum atomic E-state index is 6.05. The van der Waals surface area contributed by atoms with E-state index in [4.69, 9.17) is 5.73 Å². The molecule has 4 nitrogen and oxygen atoms in total. The van der Waals surface area contributed by atoms with E-state index in [9.17, 15) is 0 Å². The predicted octanol–water partition coefficient (Wildman–Crippen LogP) is 2.68. The first-order valence-electron chi connectivity index (χ1n) is 7.64. The lowest BCUT2D eigenvalue weighted by molar-refractivity contribution is 0.673.